The van der Waals surface area contributed by atoms with Gasteiger partial charge in [0, 0.05) is 27.3 Å². The van der Waals surface area contributed by atoms with Crippen LogP contribution in [0.2, 0.25) is 0 Å². The quantitative estimate of drug-likeness (QED) is 0.387. The third-order valence-electron chi connectivity index (χ3n) is 4.93. The Bertz CT molecular complexity index is 616. The number of halogens is 3. The third kappa shape index (κ3) is 6.61. The van der Waals surface area contributed by atoms with Crippen LogP contribution in [-0.2, 0) is 10.9 Å². The summed E-state index contributed by atoms with van der Waals surface area (Å²) in [6.07, 6.45) is 0.246. The molecule has 1 fully saturated rings. The second-order valence-corrected chi connectivity index (χ2v) is 6.82. The number of aliphatic imine (C=N–C) groups is 1. The average Bonchev–Trinajstić information content (AvgIpc) is 2.61. The Morgan fingerprint density at radius 2 is 2.00 bits per heavy atom. The Balaban J connectivity index is 1.72. The van der Waals surface area contributed by atoms with Crippen LogP contribution in [0.15, 0.2) is 29.3 Å². The van der Waals surface area contributed by atoms with E-state index in [1.807, 2.05) is 0 Å². The Morgan fingerprint density at radius 1 is 1.22 bits per heavy atom. The molecular weight excluding hydrogens is 359 g/mol. The van der Waals surface area contributed by atoms with E-state index in [0.29, 0.717) is 12.5 Å². The van der Waals surface area contributed by atoms with Crippen molar-refractivity contribution in [1.29, 1.82) is 0 Å². The number of ether oxygens (including phenoxy) is 2. The predicted molar refractivity (Wildman–Crippen MR) is 99.1 cm³/mol. The van der Waals surface area contributed by atoms with Crippen molar-refractivity contribution >= 4 is 5.96 Å². The molecule has 1 aliphatic rings. The second-order valence-electron chi connectivity index (χ2n) is 6.82. The van der Waals surface area contributed by atoms with Crippen molar-refractivity contribution in [3.8, 4) is 5.75 Å². The number of methoxy groups -OCH3 is 1. The van der Waals surface area contributed by atoms with Gasteiger partial charge in [-0.2, -0.15) is 13.2 Å². The predicted octanol–water partition coefficient (Wildman–Crippen LogP) is 3.46. The highest BCUT2D eigenvalue weighted by molar-refractivity contribution is 5.79. The first-order valence-corrected chi connectivity index (χ1v) is 9.12. The minimum atomic E-state index is -4.37. The topological polar surface area (TPSA) is 54.9 Å². The van der Waals surface area contributed by atoms with Crippen molar-refractivity contribution in [1.82, 2.24) is 10.6 Å². The number of rotatable bonds is 9. The zero-order chi connectivity index (χ0) is 19.8. The first-order chi connectivity index (χ1) is 12.9. The zero-order valence-corrected chi connectivity index (χ0v) is 15.9. The van der Waals surface area contributed by atoms with Gasteiger partial charge in [0.25, 0.3) is 0 Å². The summed E-state index contributed by atoms with van der Waals surface area (Å²) in [6.45, 7) is 2.24. The van der Waals surface area contributed by atoms with E-state index in [2.05, 4.69) is 15.6 Å². The van der Waals surface area contributed by atoms with Crippen molar-refractivity contribution in [2.75, 3.05) is 40.5 Å². The SMILES string of the molecule is CN=C(NCCOc1cccc(C(F)(F)F)c1)NCC1(CCOC)CCC1. The molecule has 0 radical (unpaired) electrons. The van der Waals surface area contributed by atoms with Gasteiger partial charge in [0.1, 0.15) is 12.4 Å². The van der Waals surface area contributed by atoms with Crippen LogP contribution in [0.4, 0.5) is 13.2 Å². The lowest BCUT2D eigenvalue weighted by Crippen LogP contribution is -2.47. The molecule has 0 unspecified atom stereocenters. The van der Waals surface area contributed by atoms with Crippen molar-refractivity contribution in [3.05, 3.63) is 29.8 Å². The Morgan fingerprint density at radius 3 is 2.59 bits per heavy atom. The van der Waals surface area contributed by atoms with Gasteiger partial charge in [0.05, 0.1) is 12.1 Å². The van der Waals surface area contributed by atoms with E-state index in [1.54, 1.807) is 14.2 Å². The van der Waals surface area contributed by atoms with Crippen molar-refractivity contribution in [2.24, 2.45) is 10.4 Å². The Labute approximate surface area is 158 Å². The van der Waals surface area contributed by atoms with Crippen LogP contribution in [0.5, 0.6) is 5.75 Å². The number of nitrogens with zero attached hydrogens (tertiary/aromatic N) is 1. The summed E-state index contributed by atoms with van der Waals surface area (Å²) in [4.78, 5) is 4.18. The van der Waals surface area contributed by atoms with E-state index in [9.17, 15) is 13.2 Å². The summed E-state index contributed by atoms with van der Waals surface area (Å²) in [5.41, 5.74) is -0.449. The summed E-state index contributed by atoms with van der Waals surface area (Å²) < 4.78 is 48.7. The van der Waals surface area contributed by atoms with E-state index >= 15 is 0 Å². The normalized spacial score (nSPS) is 16.6. The van der Waals surface area contributed by atoms with Crippen LogP contribution in [0, 0.1) is 5.41 Å². The standard InChI is InChI=1S/C19H28F3N3O2/c1-23-17(25-14-18(7-4-8-18)9-11-26-2)24-10-12-27-16-6-3-5-15(13-16)19(20,21)22/h3,5-6,13H,4,7-12,14H2,1-2H3,(H2,23,24,25). The Hall–Kier alpha value is -1.96. The van der Waals surface area contributed by atoms with Gasteiger partial charge in [-0.05, 0) is 42.9 Å². The van der Waals surface area contributed by atoms with Crippen LogP contribution in [0.3, 0.4) is 0 Å². The summed E-state index contributed by atoms with van der Waals surface area (Å²) in [6, 6.07) is 4.88. The van der Waals surface area contributed by atoms with Crippen LogP contribution in [0.25, 0.3) is 0 Å². The molecule has 1 aliphatic carbocycles. The molecule has 1 aromatic rings. The average molecular weight is 387 g/mol. The third-order valence-corrected chi connectivity index (χ3v) is 4.93. The molecule has 0 spiro atoms. The highest BCUT2D eigenvalue weighted by Crippen LogP contribution is 2.43. The van der Waals surface area contributed by atoms with Gasteiger partial charge in [0.15, 0.2) is 5.96 Å². The molecule has 0 aliphatic heterocycles. The molecule has 0 heterocycles. The fourth-order valence-electron chi connectivity index (χ4n) is 3.10. The fourth-order valence-corrected chi connectivity index (χ4v) is 3.10. The smallest absolute Gasteiger partial charge is 0.416 e. The van der Waals surface area contributed by atoms with E-state index in [0.717, 1.165) is 31.7 Å². The monoisotopic (exact) mass is 387 g/mol. The molecule has 152 valence electrons. The van der Waals surface area contributed by atoms with Gasteiger partial charge in [-0.3, -0.25) is 4.99 Å². The van der Waals surface area contributed by atoms with Gasteiger partial charge in [-0.25, -0.2) is 0 Å². The highest BCUT2D eigenvalue weighted by Gasteiger charge is 2.36. The number of hydrogen-bond donors (Lipinski definition) is 2. The largest absolute Gasteiger partial charge is 0.492 e. The number of nitrogens with one attached hydrogen (secondary N) is 2. The second kappa shape index (κ2) is 9.82. The maximum absolute atomic E-state index is 12.7. The van der Waals surface area contributed by atoms with Crippen LogP contribution in [0.1, 0.15) is 31.2 Å². The van der Waals surface area contributed by atoms with Crippen LogP contribution >= 0.6 is 0 Å². The fraction of sp³-hybridized carbons (Fsp3) is 0.632. The van der Waals surface area contributed by atoms with Crippen molar-refractivity contribution in [3.63, 3.8) is 0 Å². The maximum Gasteiger partial charge on any atom is 0.416 e. The first-order valence-electron chi connectivity index (χ1n) is 9.12. The first kappa shape index (κ1) is 21.3. The maximum atomic E-state index is 12.7. The Kier molecular flexibility index (Phi) is 7.77. The lowest BCUT2D eigenvalue weighted by Gasteiger charge is -2.42. The minimum absolute atomic E-state index is 0.197. The molecule has 8 heteroatoms. The van der Waals surface area contributed by atoms with E-state index in [1.165, 1.54) is 31.4 Å². The molecular formula is C19H28F3N3O2. The lowest BCUT2D eigenvalue weighted by molar-refractivity contribution is -0.137. The molecule has 1 aromatic carbocycles. The molecule has 0 aromatic heterocycles. The van der Waals surface area contributed by atoms with E-state index in [-0.39, 0.29) is 17.8 Å². The summed E-state index contributed by atoms with van der Waals surface area (Å²) in [5, 5.41) is 6.45. The van der Waals surface area contributed by atoms with E-state index in [4.69, 9.17) is 9.47 Å². The molecule has 0 saturated heterocycles. The van der Waals surface area contributed by atoms with Gasteiger partial charge >= 0.3 is 6.18 Å². The zero-order valence-electron chi connectivity index (χ0n) is 15.9. The number of guanidine groups is 1. The highest BCUT2D eigenvalue weighted by atomic mass is 19.4. The molecule has 0 bridgehead atoms. The van der Waals surface area contributed by atoms with Gasteiger partial charge in [0.2, 0.25) is 0 Å². The number of hydrogen-bond acceptors (Lipinski definition) is 3. The number of alkyl halides is 3. The van der Waals surface area contributed by atoms with Gasteiger partial charge < -0.3 is 20.1 Å². The lowest BCUT2D eigenvalue weighted by atomic mass is 9.67. The molecule has 0 atom stereocenters. The molecule has 5 nitrogen and oxygen atoms in total. The molecule has 0 amide bonds. The number of benzene rings is 1. The van der Waals surface area contributed by atoms with Gasteiger partial charge in [-0.15, -0.1) is 0 Å². The molecule has 27 heavy (non-hydrogen) atoms. The summed E-state index contributed by atoms with van der Waals surface area (Å²) >= 11 is 0. The van der Waals surface area contributed by atoms with Crippen LogP contribution < -0.4 is 15.4 Å². The van der Waals surface area contributed by atoms with Gasteiger partial charge in [-0.1, -0.05) is 12.5 Å². The minimum Gasteiger partial charge on any atom is -0.492 e. The van der Waals surface area contributed by atoms with Crippen molar-refractivity contribution in [2.45, 2.75) is 31.9 Å². The molecule has 1 saturated carbocycles. The summed E-state index contributed by atoms with van der Waals surface area (Å²) in [7, 11) is 3.40. The van der Waals surface area contributed by atoms with E-state index < -0.39 is 11.7 Å². The van der Waals surface area contributed by atoms with Crippen LogP contribution in [-0.4, -0.2) is 46.4 Å². The molecule has 2 rings (SSSR count). The molecule has 2 N–H and O–H groups in total. The van der Waals surface area contributed by atoms with Crippen molar-refractivity contribution < 1.29 is 22.6 Å². The summed E-state index contributed by atoms with van der Waals surface area (Å²) in [5.74, 6) is 0.855.